The standard InChI is InChI=1S/C5H12N2O3/c1-4-10-6-5(8)7(2)9-3/h4H2,1-3H3,(H,6,8). The summed E-state index contributed by atoms with van der Waals surface area (Å²) >= 11 is 0. The maximum atomic E-state index is 10.7. The number of amides is 2. The van der Waals surface area contributed by atoms with Crippen molar-refractivity contribution in [2.75, 3.05) is 20.8 Å². The highest BCUT2D eigenvalue weighted by molar-refractivity contribution is 5.71. The Morgan fingerprint density at radius 3 is 2.70 bits per heavy atom. The molecule has 0 saturated carbocycles. The quantitative estimate of drug-likeness (QED) is 0.579. The molecule has 0 aromatic heterocycles. The molecule has 0 heterocycles. The summed E-state index contributed by atoms with van der Waals surface area (Å²) in [6, 6.07) is -0.427. The Kier molecular flexibility index (Phi) is 4.61. The monoisotopic (exact) mass is 148 g/mol. The van der Waals surface area contributed by atoms with Gasteiger partial charge in [0.2, 0.25) is 0 Å². The van der Waals surface area contributed by atoms with Crippen molar-refractivity contribution in [3.63, 3.8) is 0 Å². The van der Waals surface area contributed by atoms with Crippen molar-refractivity contribution in [3.8, 4) is 0 Å². The van der Waals surface area contributed by atoms with Gasteiger partial charge in [0.05, 0.1) is 13.7 Å². The maximum Gasteiger partial charge on any atom is 0.364 e. The molecule has 0 aliphatic rings. The summed E-state index contributed by atoms with van der Waals surface area (Å²) in [5.41, 5.74) is 2.14. The van der Waals surface area contributed by atoms with Crippen LogP contribution in [0.4, 0.5) is 4.79 Å². The number of hydrogen-bond donors (Lipinski definition) is 1. The van der Waals surface area contributed by atoms with Gasteiger partial charge < -0.3 is 0 Å². The predicted octanol–water partition coefficient (Wildman–Crippen LogP) is 0.141. The van der Waals surface area contributed by atoms with Crippen LogP contribution in [0.3, 0.4) is 0 Å². The summed E-state index contributed by atoms with van der Waals surface area (Å²) in [5, 5.41) is 1.02. The third kappa shape index (κ3) is 3.26. The van der Waals surface area contributed by atoms with E-state index in [2.05, 4.69) is 15.2 Å². The summed E-state index contributed by atoms with van der Waals surface area (Å²) in [6.45, 7) is 2.20. The van der Waals surface area contributed by atoms with Gasteiger partial charge in [-0.1, -0.05) is 0 Å². The molecule has 0 aliphatic heterocycles. The lowest BCUT2D eigenvalue weighted by atomic mass is 10.9. The van der Waals surface area contributed by atoms with Crippen LogP contribution >= 0.6 is 0 Å². The third-order valence-electron chi connectivity index (χ3n) is 0.864. The first-order valence-electron chi connectivity index (χ1n) is 2.92. The number of nitrogens with zero attached hydrogens (tertiary/aromatic N) is 1. The smallest absolute Gasteiger partial charge is 0.273 e. The highest BCUT2D eigenvalue weighted by Gasteiger charge is 2.04. The molecule has 10 heavy (non-hydrogen) atoms. The molecule has 0 spiro atoms. The Morgan fingerprint density at radius 1 is 1.70 bits per heavy atom. The first-order valence-corrected chi connectivity index (χ1v) is 2.92. The highest BCUT2D eigenvalue weighted by atomic mass is 16.7. The van der Waals surface area contributed by atoms with Gasteiger partial charge in [0.15, 0.2) is 0 Å². The molecule has 0 aromatic carbocycles. The Balaban J connectivity index is 3.42. The molecule has 5 heteroatoms. The van der Waals surface area contributed by atoms with Crippen molar-refractivity contribution in [3.05, 3.63) is 0 Å². The zero-order chi connectivity index (χ0) is 7.98. The summed E-state index contributed by atoms with van der Waals surface area (Å²) in [6.07, 6.45) is 0. The van der Waals surface area contributed by atoms with Crippen LogP contribution in [0.15, 0.2) is 0 Å². The summed E-state index contributed by atoms with van der Waals surface area (Å²) in [4.78, 5) is 19.8. The van der Waals surface area contributed by atoms with E-state index in [-0.39, 0.29) is 0 Å². The molecule has 0 radical (unpaired) electrons. The van der Waals surface area contributed by atoms with Crippen molar-refractivity contribution in [1.82, 2.24) is 10.5 Å². The molecular formula is C5H12N2O3. The minimum absolute atomic E-state index is 0.427. The Hall–Kier alpha value is -0.810. The van der Waals surface area contributed by atoms with E-state index in [9.17, 15) is 4.79 Å². The largest absolute Gasteiger partial charge is 0.364 e. The summed E-state index contributed by atoms with van der Waals surface area (Å²) in [7, 11) is 2.87. The topological polar surface area (TPSA) is 50.8 Å². The molecule has 0 atom stereocenters. The van der Waals surface area contributed by atoms with E-state index in [1.807, 2.05) is 0 Å². The van der Waals surface area contributed by atoms with Gasteiger partial charge in [-0.15, -0.1) is 0 Å². The van der Waals surface area contributed by atoms with Crippen molar-refractivity contribution in [2.45, 2.75) is 6.92 Å². The van der Waals surface area contributed by atoms with E-state index in [4.69, 9.17) is 0 Å². The second-order valence-corrected chi connectivity index (χ2v) is 1.52. The number of hydrogen-bond acceptors (Lipinski definition) is 3. The fraction of sp³-hybridized carbons (Fsp3) is 0.800. The minimum atomic E-state index is -0.427. The zero-order valence-electron chi connectivity index (χ0n) is 6.38. The second kappa shape index (κ2) is 5.01. The van der Waals surface area contributed by atoms with Gasteiger partial charge in [-0.3, -0.25) is 9.68 Å². The second-order valence-electron chi connectivity index (χ2n) is 1.52. The number of nitrogens with one attached hydrogen (secondary N) is 1. The van der Waals surface area contributed by atoms with Crippen molar-refractivity contribution in [2.24, 2.45) is 0 Å². The molecule has 0 aromatic rings. The first kappa shape index (κ1) is 9.19. The van der Waals surface area contributed by atoms with Crippen LogP contribution in [0, 0.1) is 0 Å². The lowest BCUT2D eigenvalue weighted by molar-refractivity contribution is -0.0807. The fourth-order valence-corrected chi connectivity index (χ4v) is 0.281. The number of hydroxylamine groups is 3. The molecule has 60 valence electrons. The van der Waals surface area contributed by atoms with Crippen LogP contribution in [0.1, 0.15) is 6.92 Å². The fourth-order valence-electron chi connectivity index (χ4n) is 0.281. The van der Waals surface area contributed by atoms with Crippen LogP contribution in [-0.2, 0) is 9.68 Å². The molecule has 0 saturated heterocycles. The normalized spacial score (nSPS) is 9.10. The number of carbonyl (C=O) groups excluding carboxylic acids is 1. The summed E-state index contributed by atoms with van der Waals surface area (Å²) in [5.74, 6) is 0. The Labute approximate surface area is 59.8 Å². The van der Waals surface area contributed by atoms with Crippen LogP contribution in [0.2, 0.25) is 0 Å². The number of rotatable bonds is 3. The van der Waals surface area contributed by atoms with Gasteiger partial charge in [-0.2, -0.15) is 0 Å². The molecule has 5 nitrogen and oxygen atoms in total. The first-order chi connectivity index (χ1) is 4.72. The van der Waals surface area contributed by atoms with Gasteiger partial charge in [0.25, 0.3) is 0 Å². The molecular weight excluding hydrogens is 136 g/mol. The average molecular weight is 148 g/mol. The van der Waals surface area contributed by atoms with E-state index >= 15 is 0 Å². The van der Waals surface area contributed by atoms with E-state index in [0.29, 0.717) is 6.61 Å². The van der Waals surface area contributed by atoms with Crippen LogP contribution < -0.4 is 5.48 Å². The van der Waals surface area contributed by atoms with E-state index in [1.54, 1.807) is 6.92 Å². The lowest BCUT2D eigenvalue weighted by Crippen LogP contribution is -2.36. The van der Waals surface area contributed by atoms with Gasteiger partial charge in [-0.05, 0) is 6.92 Å². The highest BCUT2D eigenvalue weighted by Crippen LogP contribution is 1.81. The number of urea groups is 1. The minimum Gasteiger partial charge on any atom is -0.273 e. The number of carbonyl (C=O) groups is 1. The SMILES string of the molecule is CCONC(=O)N(C)OC. The van der Waals surface area contributed by atoms with Gasteiger partial charge >= 0.3 is 6.03 Å². The van der Waals surface area contributed by atoms with Crippen LogP contribution in [-0.4, -0.2) is 31.9 Å². The van der Waals surface area contributed by atoms with E-state index in [0.717, 1.165) is 5.06 Å². The van der Waals surface area contributed by atoms with Crippen molar-refractivity contribution < 1.29 is 14.5 Å². The average Bonchev–Trinajstić information content (AvgIpc) is 1.98. The molecule has 0 fully saturated rings. The van der Waals surface area contributed by atoms with Crippen molar-refractivity contribution in [1.29, 1.82) is 0 Å². The molecule has 0 rings (SSSR count). The molecule has 0 bridgehead atoms. The molecule has 0 unspecified atom stereocenters. The Bertz CT molecular complexity index is 107. The van der Waals surface area contributed by atoms with Gasteiger partial charge in [0.1, 0.15) is 0 Å². The van der Waals surface area contributed by atoms with E-state index < -0.39 is 6.03 Å². The molecule has 0 aliphatic carbocycles. The van der Waals surface area contributed by atoms with Crippen molar-refractivity contribution >= 4 is 6.03 Å². The third-order valence-corrected chi connectivity index (χ3v) is 0.864. The summed E-state index contributed by atoms with van der Waals surface area (Å²) < 4.78 is 0. The Morgan fingerprint density at radius 2 is 2.30 bits per heavy atom. The predicted molar refractivity (Wildman–Crippen MR) is 34.9 cm³/mol. The van der Waals surface area contributed by atoms with Crippen LogP contribution in [0.25, 0.3) is 0 Å². The lowest BCUT2D eigenvalue weighted by Gasteiger charge is -2.13. The van der Waals surface area contributed by atoms with Gasteiger partial charge in [-0.25, -0.2) is 15.3 Å². The maximum absolute atomic E-state index is 10.7. The van der Waals surface area contributed by atoms with Gasteiger partial charge in [0, 0.05) is 7.05 Å². The molecule has 2 amide bonds. The van der Waals surface area contributed by atoms with E-state index in [1.165, 1.54) is 14.2 Å². The molecule has 1 N–H and O–H groups in total. The van der Waals surface area contributed by atoms with Crippen LogP contribution in [0.5, 0.6) is 0 Å². The zero-order valence-corrected chi connectivity index (χ0v) is 6.38.